The van der Waals surface area contributed by atoms with E-state index in [1.54, 1.807) is 25.2 Å². The molecule has 0 saturated carbocycles. The number of aromatic nitrogens is 1. The highest BCUT2D eigenvalue weighted by atomic mass is 19.1. The van der Waals surface area contributed by atoms with Crippen LogP contribution in [0.25, 0.3) is 0 Å². The molecule has 1 amide bonds. The first-order valence-electron chi connectivity index (χ1n) is 5.59. The third kappa shape index (κ3) is 2.86. The largest absolute Gasteiger partial charge is 0.310 e. The van der Waals surface area contributed by atoms with Crippen molar-refractivity contribution in [3.05, 3.63) is 54.0 Å². The Bertz CT molecular complexity index is 585. The summed E-state index contributed by atoms with van der Waals surface area (Å²) in [6.07, 6.45) is 0. The summed E-state index contributed by atoms with van der Waals surface area (Å²) in [5.74, 6) is 4.99. The van der Waals surface area contributed by atoms with Crippen molar-refractivity contribution in [1.82, 2.24) is 4.98 Å². The van der Waals surface area contributed by atoms with Gasteiger partial charge in [0.2, 0.25) is 0 Å². The third-order valence-corrected chi connectivity index (χ3v) is 2.63. The Balaban J connectivity index is 2.25. The number of carbonyl (C=O) groups excluding carboxylic acids is 1. The summed E-state index contributed by atoms with van der Waals surface area (Å²) in [5, 5.41) is 0. The Morgan fingerprint density at radius 1 is 1.26 bits per heavy atom. The van der Waals surface area contributed by atoms with E-state index >= 15 is 0 Å². The van der Waals surface area contributed by atoms with Gasteiger partial charge in [0.1, 0.15) is 17.3 Å². The topological polar surface area (TPSA) is 71.2 Å². The fourth-order valence-electron chi connectivity index (χ4n) is 1.59. The SMILES string of the molecule is CN(C(=O)c1cccc(NN)n1)c1ccc(F)cc1. The maximum Gasteiger partial charge on any atom is 0.276 e. The highest BCUT2D eigenvalue weighted by Crippen LogP contribution is 2.16. The van der Waals surface area contributed by atoms with Crippen molar-refractivity contribution in [1.29, 1.82) is 0 Å². The van der Waals surface area contributed by atoms with Crippen LogP contribution in [0.5, 0.6) is 0 Å². The normalized spacial score (nSPS) is 10.1. The molecule has 0 fully saturated rings. The number of pyridine rings is 1. The van der Waals surface area contributed by atoms with Crippen molar-refractivity contribution in [3.8, 4) is 0 Å². The molecule has 0 bridgehead atoms. The second kappa shape index (κ2) is 5.45. The van der Waals surface area contributed by atoms with Gasteiger partial charge in [0, 0.05) is 12.7 Å². The Kier molecular flexibility index (Phi) is 3.72. The number of hydrogen-bond acceptors (Lipinski definition) is 4. The van der Waals surface area contributed by atoms with E-state index < -0.39 is 0 Å². The number of hydrogen-bond donors (Lipinski definition) is 2. The number of rotatable bonds is 3. The lowest BCUT2D eigenvalue weighted by Gasteiger charge is -2.17. The number of hydrazine groups is 1. The molecule has 1 aromatic carbocycles. The van der Waals surface area contributed by atoms with Crippen LogP contribution in [-0.4, -0.2) is 17.9 Å². The van der Waals surface area contributed by atoms with Crippen LogP contribution in [0.15, 0.2) is 42.5 Å². The maximum absolute atomic E-state index is 12.8. The molecular formula is C13H13FN4O. The van der Waals surface area contributed by atoms with E-state index in [0.717, 1.165) is 0 Å². The smallest absolute Gasteiger partial charge is 0.276 e. The minimum absolute atomic E-state index is 0.252. The van der Waals surface area contributed by atoms with Crippen molar-refractivity contribution in [3.63, 3.8) is 0 Å². The molecule has 3 N–H and O–H groups in total. The molecule has 2 rings (SSSR count). The monoisotopic (exact) mass is 260 g/mol. The fraction of sp³-hybridized carbons (Fsp3) is 0.0769. The number of nitrogens with one attached hydrogen (secondary N) is 1. The molecule has 5 nitrogen and oxygen atoms in total. The minimum atomic E-state index is -0.350. The Labute approximate surface area is 109 Å². The number of nitrogens with zero attached hydrogens (tertiary/aromatic N) is 2. The zero-order valence-electron chi connectivity index (χ0n) is 10.3. The van der Waals surface area contributed by atoms with Crippen LogP contribution >= 0.6 is 0 Å². The molecule has 1 heterocycles. The first-order valence-corrected chi connectivity index (χ1v) is 5.59. The van der Waals surface area contributed by atoms with E-state index in [9.17, 15) is 9.18 Å². The first kappa shape index (κ1) is 13.0. The predicted molar refractivity (Wildman–Crippen MR) is 71.2 cm³/mol. The Morgan fingerprint density at radius 2 is 1.95 bits per heavy atom. The van der Waals surface area contributed by atoms with Gasteiger partial charge in [-0.3, -0.25) is 4.79 Å². The first-order chi connectivity index (χ1) is 9.11. The van der Waals surface area contributed by atoms with Crippen molar-refractivity contribution in [2.45, 2.75) is 0 Å². The van der Waals surface area contributed by atoms with Gasteiger partial charge < -0.3 is 10.3 Å². The summed E-state index contributed by atoms with van der Waals surface area (Å²) in [6.45, 7) is 0. The zero-order valence-corrected chi connectivity index (χ0v) is 10.3. The second-order valence-corrected chi connectivity index (χ2v) is 3.89. The molecule has 0 aliphatic carbocycles. The molecule has 0 aliphatic heterocycles. The molecule has 0 radical (unpaired) electrons. The van der Waals surface area contributed by atoms with E-state index in [2.05, 4.69) is 10.4 Å². The van der Waals surface area contributed by atoms with Gasteiger partial charge in [-0.15, -0.1) is 0 Å². The number of nitrogen functional groups attached to an aromatic ring is 1. The van der Waals surface area contributed by atoms with Gasteiger partial charge in [-0.25, -0.2) is 15.2 Å². The summed E-state index contributed by atoms with van der Waals surface area (Å²) in [5.41, 5.74) is 3.21. The van der Waals surface area contributed by atoms with Crippen LogP contribution in [0.2, 0.25) is 0 Å². The highest BCUT2D eigenvalue weighted by Gasteiger charge is 2.15. The van der Waals surface area contributed by atoms with Gasteiger partial charge in [-0.2, -0.15) is 0 Å². The summed E-state index contributed by atoms with van der Waals surface area (Å²) in [4.78, 5) is 17.6. The van der Waals surface area contributed by atoms with Crippen LogP contribution in [-0.2, 0) is 0 Å². The zero-order chi connectivity index (χ0) is 13.8. The summed E-state index contributed by atoms with van der Waals surface area (Å²) >= 11 is 0. The van der Waals surface area contributed by atoms with Crippen LogP contribution in [0.4, 0.5) is 15.9 Å². The average Bonchev–Trinajstić information content (AvgIpc) is 2.46. The molecule has 0 atom stereocenters. The summed E-state index contributed by atoms with van der Waals surface area (Å²) in [6, 6.07) is 10.6. The second-order valence-electron chi connectivity index (χ2n) is 3.89. The minimum Gasteiger partial charge on any atom is -0.310 e. The van der Waals surface area contributed by atoms with Gasteiger partial charge in [0.15, 0.2) is 0 Å². The number of benzene rings is 1. The molecule has 98 valence electrons. The average molecular weight is 260 g/mol. The molecular weight excluding hydrogens is 247 g/mol. The number of nitrogens with two attached hydrogens (primary N) is 1. The van der Waals surface area contributed by atoms with Gasteiger partial charge in [0.25, 0.3) is 5.91 Å². The van der Waals surface area contributed by atoms with Crippen LogP contribution in [0.1, 0.15) is 10.5 Å². The van der Waals surface area contributed by atoms with E-state index in [0.29, 0.717) is 11.5 Å². The van der Waals surface area contributed by atoms with Crippen molar-refractivity contribution >= 4 is 17.4 Å². The lowest BCUT2D eigenvalue weighted by atomic mass is 10.2. The molecule has 0 unspecified atom stereocenters. The van der Waals surface area contributed by atoms with Crippen molar-refractivity contribution < 1.29 is 9.18 Å². The molecule has 19 heavy (non-hydrogen) atoms. The fourth-order valence-corrected chi connectivity index (χ4v) is 1.59. The van der Waals surface area contributed by atoms with E-state index in [1.165, 1.54) is 29.2 Å². The molecule has 0 aliphatic rings. The number of amides is 1. The van der Waals surface area contributed by atoms with Crippen LogP contribution in [0, 0.1) is 5.82 Å². The Hall–Kier alpha value is -2.47. The molecule has 1 aromatic heterocycles. The van der Waals surface area contributed by atoms with Gasteiger partial charge in [0.05, 0.1) is 0 Å². The van der Waals surface area contributed by atoms with Crippen molar-refractivity contribution in [2.75, 3.05) is 17.4 Å². The number of carbonyl (C=O) groups is 1. The predicted octanol–water partition coefficient (Wildman–Crippen LogP) is 1.78. The van der Waals surface area contributed by atoms with Crippen LogP contribution in [0.3, 0.4) is 0 Å². The summed E-state index contributed by atoms with van der Waals surface area (Å²) < 4.78 is 12.8. The summed E-state index contributed by atoms with van der Waals surface area (Å²) in [7, 11) is 1.60. The number of anilines is 2. The van der Waals surface area contributed by atoms with E-state index in [4.69, 9.17) is 5.84 Å². The van der Waals surface area contributed by atoms with Crippen molar-refractivity contribution in [2.24, 2.45) is 5.84 Å². The molecule has 6 heteroatoms. The van der Waals surface area contributed by atoms with Crippen LogP contribution < -0.4 is 16.2 Å². The standard InChI is InChI=1S/C13H13FN4O/c1-18(10-7-5-9(14)6-8-10)13(19)11-3-2-4-12(16-11)17-15/h2-8H,15H2,1H3,(H,16,17). The number of halogens is 1. The van der Waals surface area contributed by atoms with E-state index in [-0.39, 0.29) is 17.4 Å². The Morgan fingerprint density at radius 3 is 2.58 bits per heavy atom. The van der Waals surface area contributed by atoms with Gasteiger partial charge in [-0.05, 0) is 36.4 Å². The third-order valence-electron chi connectivity index (χ3n) is 2.63. The lowest BCUT2D eigenvalue weighted by molar-refractivity contribution is 0.0988. The lowest BCUT2D eigenvalue weighted by Crippen LogP contribution is -2.27. The van der Waals surface area contributed by atoms with Gasteiger partial charge >= 0.3 is 0 Å². The maximum atomic E-state index is 12.8. The molecule has 0 saturated heterocycles. The van der Waals surface area contributed by atoms with Gasteiger partial charge in [-0.1, -0.05) is 6.07 Å². The molecule has 0 spiro atoms. The quantitative estimate of drug-likeness (QED) is 0.652. The molecule has 2 aromatic rings. The highest BCUT2D eigenvalue weighted by molar-refractivity contribution is 6.04. The van der Waals surface area contributed by atoms with E-state index in [1.807, 2.05) is 0 Å².